The lowest BCUT2D eigenvalue weighted by atomic mass is 9.98. The number of para-hydroxylation sites is 3. The minimum Gasteiger partial charge on any atom is -0.496 e. The molecule has 1 aliphatic rings. The number of benzene rings is 3. The van der Waals surface area contributed by atoms with E-state index in [1.54, 1.807) is 14.2 Å². The van der Waals surface area contributed by atoms with Crippen LogP contribution in [0.2, 0.25) is 0 Å². The second kappa shape index (κ2) is 14.5. The summed E-state index contributed by atoms with van der Waals surface area (Å²) in [7, 11) is 3.44. The molecule has 1 saturated heterocycles. The molecule has 0 amide bonds. The Labute approximate surface area is 243 Å². The van der Waals surface area contributed by atoms with Crippen molar-refractivity contribution in [3.05, 3.63) is 89.7 Å². The molecule has 0 spiro atoms. The first-order valence-corrected chi connectivity index (χ1v) is 13.2. The van der Waals surface area contributed by atoms with E-state index < -0.39 is 0 Å². The zero-order valence-electron chi connectivity index (χ0n) is 22.7. The first-order chi connectivity index (χ1) is 18.2. The van der Waals surface area contributed by atoms with E-state index in [0.717, 1.165) is 79.4 Å². The Morgan fingerprint density at radius 1 is 0.821 bits per heavy atom. The molecule has 5 rings (SSSR count). The van der Waals surface area contributed by atoms with Crippen LogP contribution < -0.4 is 20.1 Å². The number of piperazine rings is 1. The summed E-state index contributed by atoms with van der Waals surface area (Å²) in [4.78, 5) is 5.00. The van der Waals surface area contributed by atoms with Crippen molar-refractivity contribution in [1.29, 1.82) is 0 Å². The van der Waals surface area contributed by atoms with Gasteiger partial charge in [-0.25, -0.2) is 0 Å². The van der Waals surface area contributed by atoms with E-state index in [-0.39, 0.29) is 30.9 Å². The molecule has 0 aliphatic carbocycles. The monoisotopic (exact) mass is 571 g/mol. The fourth-order valence-corrected chi connectivity index (χ4v) is 5.26. The SMILES string of the molecule is COc1ccc(CCCCN2CCN(c3ccccc3OC)CC2)cc1C(N)c1cc2ccccc2o1.Cl.Cl. The molecule has 4 aromatic rings. The van der Waals surface area contributed by atoms with Gasteiger partial charge in [-0.2, -0.15) is 0 Å². The highest BCUT2D eigenvalue weighted by Crippen LogP contribution is 2.33. The molecule has 1 fully saturated rings. The molecular weight excluding hydrogens is 533 g/mol. The topological polar surface area (TPSA) is 64.1 Å². The smallest absolute Gasteiger partial charge is 0.142 e. The van der Waals surface area contributed by atoms with Crippen LogP contribution in [-0.2, 0) is 6.42 Å². The first-order valence-electron chi connectivity index (χ1n) is 13.2. The molecule has 2 heterocycles. The van der Waals surface area contributed by atoms with Crippen LogP contribution in [-0.4, -0.2) is 51.8 Å². The van der Waals surface area contributed by atoms with Crippen LogP contribution in [0.4, 0.5) is 5.69 Å². The summed E-state index contributed by atoms with van der Waals surface area (Å²) in [5, 5.41) is 1.06. The van der Waals surface area contributed by atoms with E-state index in [1.807, 2.05) is 48.5 Å². The molecule has 3 aromatic carbocycles. The number of hydrogen-bond acceptors (Lipinski definition) is 6. The van der Waals surface area contributed by atoms with E-state index in [2.05, 4.69) is 34.1 Å². The van der Waals surface area contributed by atoms with Crippen molar-refractivity contribution in [3.63, 3.8) is 0 Å². The Kier molecular flexibility index (Phi) is 11.4. The number of ether oxygens (including phenoxy) is 2. The third kappa shape index (κ3) is 7.20. The van der Waals surface area contributed by atoms with Gasteiger partial charge in [-0.3, -0.25) is 4.90 Å². The lowest BCUT2D eigenvalue weighted by Crippen LogP contribution is -2.46. The Balaban J connectivity index is 0.00000210. The van der Waals surface area contributed by atoms with Gasteiger partial charge in [0.25, 0.3) is 0 Å². The second-order valence-electron chi connectivity index (χ2n) is 9.70. The number of hydrogen-bond donors (Lipinski definition) is 1. The molecule has 1 aliphatic heterocycles. The molecule has 0 radical (unpaired) electrons. The molecular formula is C31H39Cl2N3O3. The minimum absolute atomic E-state index is 0. The second-order valence-corrected chi connectivity index (χ2v) is 9.70. The number of methoxy groups -OCH3 is 2. The van der Waals surface area contributed by atoms with E-state index in [9.17, 15) is 0 Å². The number of fused-ring (bicyclic) bond motifs is 1. The van der Waals surface area contributed by atoms with Gasteiger partial charge in [0.05, 0.1) is 25.9 Å². The number of nitrogens with two attached hydrogens (primary N) is 1. The maximum absolute atomic E-state index is 6.66. The van der Waals surface area contributed by atoms with Gasteiger partial charge in [0.1, 0.15) is 22.8 Å². The summed E-state index contributed by atoms with van der Waals surface area (Å²) in [6.07, 6.45) is 3.33. The van der Waals surface area contributed by atoms with Crippen molar-refractivity contribution in [2.24, 2.45) is 5.73 Å². The summed E-state index contributed by atoms with van der Waals surface area (Å²) >= 11 is 0. The molecule has 1 aromatic heterocycles. The number of anilines is 1. The van der Waals surface area contributed by atoms with Crippen LogP contribution in [0.15, 0.2) is 77.2 Å². The lowest BCUT2D eigenvalue weighted by Gasteiger charge is -2.36. The predicted molar refractivity (Wildman–Crippen MR) is 164 cm³/mol. The first kappa shape index (κ1) is 30.6. The van der Waals surface area contributed by atoms with E-state index in [0.29, 0.717) is 0 Å². The largest absolute Gasteiger partial charge is 0.496 e. The third-order valence-electron chi connectivity index (χ3n) is 7.37. The summed E-state index contributed by atoms with van der Waals surface area (Å²) in [5.41, 5.74) is 11.0. The lowest BCUT2D eigenvalue weighted by molar-refractivity contribution is 0.252. The average Bonchev–Trinajstić information content (AvgIpc) is 3.39. The van der Waals surface area contributed by atoms with Gasteiger partial charge < -0.3 is 24.5 Å². The normalized spacial score (nSPS) is 14.4. The van der Waals surface area contributed by atoms with Crippen molar-refractivity contribution < 1.29 is 13.9 Å². The van der Waals surface area contributed by atoms with Crippen molar-refractivity contribution in [2.45, 2.75) is 25.3 Å². The van der Waals surface area contributed by atoms with Crippen LogP contribution in [0, 0.1) is 0 Å². The molecule has 210 valence electrons. The highest BCUT2D eigenvalue weighted by Gasteiger charge is 2.20. The molecule has 39 heavy (non-hydrogen) atoms. The van der Waals surface area contributed by atoms with Crippen LogP contribution in [0.25, 0.3) is 11.0 Å². The average molecular weight is 573 g/mol. The van der Waals surface area contributed by atoms with Crippen molar-refractivity contribution in [1.82, 2.24) is 4.90 Å². The van der Waals surface area contributed by atoms with E-state index in [1.165, 1.54) is 17.7 Å². The number of furan rings is 1. The number of nitrogens with zero attached hydrogens (tertiary/aromatic N) is 2. The molecule has 8 heteroatoms. The predicted octanol–water partition coefficient (Wildman–Crippen LogP) is 6.49. The van der Waals surface area contributed by atoms with Crippen molar-refractivity contribution >= 4 is 41.5 Å². The number of rotatable bonds is 10. The van der Waals surface area contributed by atoms with Gasteiger partial charge in [-0.05, 0) is 61.7 Å². The van der Waals surface area contributed by atoms with Gasteiger partial charge in [0, 0.05) is 37.1 Å². The van der Waals surface area contributed by atoms with Gasteiger partial charge >= 0.3 is 0 Å². The van der Waals surface area contributed by atoms with Crippen molar-refractivity contribution in [3.8, 4) is 11.5 Å². The quantitative estimate of drug-likeness (QED) is 0.219. The van der Waals surface area contributed by atoms with Crippen LogP contribution in [0.3, 0.4) is 0 Å². The van der Waals surface area contributed by atoms with E-state index >= 15 is 0 Å². The van der Waals surface area contributed by atoms with Gasteiger partial charge in [0.15, 0.2) is 0 Å². The van der Waals surface area contributed by atoms with Crippen molar-refractivity contribution in [2.75, 3.05) is 51.8 Å². The Bertz CT molecular complexity index is 1290. The minimum atomic E-state index is -0.373. The summed E-state index contributed by atoms with van der Waals surface area (Å²) in [6.45, 7) is 5.35. The molecule has 6 nitrogen and oxygen atoms in total. The summed E-state index contributed by atoms with van der Waals surface area (Å²) < 4.78 is 17.2. The zero-order chi connectivity index (χ0) is 25.6. The molecule has 1 atom stereocenters. The fourth-order valence-electron chi connectivity index (χ4n) is 5.26. The maximum atomic E-state index is 6.66. The number of halogens is 2. The maximum Gasteiger partial charge on any atom is 0.142 e. The molecule has 0 bridgehead atoms. The highest BCUT2D eigenvalue weighted by molar-refractivity contribution is 5.85. The highest BCUT2D eigenvalue weighted by atomic mass is 35.5. The third-order valence-corrected chi connectivity index (χ3v) is 7.37. The van der Waals surface area contributed by atoms with Gasteiger partial charge in [-0.1, -0.05) is 42.5 Å². The Hall–Kier alpha value is -2.90. The molecule has 1 unspecified atom stereocenters. The Morgan fingerprint density at radius 3 is 2.28 bits per heavy atom. The van der Waals surface area contributed by atoms with Gasteiger partial charge in [-0.15, -0.1) is 24.8 Å². The van der Waals surface area contributed by atoms with Gasteiger partial charge in [0.2, 0.25) is 0 Å². The summed E-state index contributed by atoms with van der Waals surface area (Å²) in [5.74, 6) is 2.50. The number of unbranched alkanes of at least 4 members (excludes halogenated alkanes) is 1. The van der Waals surface area contributed by atoms with Crippen LogP contribution in [0.5, 0.6) is 11.5 Å². The Morgan fingerprint density at radius 2 is 1.54 bits per heavy atom. The molecule has 2 N–H and O–H groups in total. The fraction of sp³-hybridized carbons (Fsp3) is 0.355. The summed E-state index contributed by atoms with van der Waals surface area (Å²) in [6, 6.07) is 24.3. The van der Waals surface area contributed by atoms with Crippen LogP contribution in [0.1, 0.15) is 35.8 Å². The van der Waals surface area contributed by atoms with E-state index in [4.69, 9.17) is 19.6 Å². The zero-order valence-corrected chi connectivity index (χ0v) is 24.3. The molecule has 0 saturated carbocycles. The number of aryl methyl sites for hydroxylation is 1. The van der Waals surface area contributed by atoms with Crippen LogP contribution >= 0.6 is 24.8 Å². The standard InChI is InChI=1S/C31H37N3O3.2ClH/c1-35-28-15-14-23(21-25(28)31(32)30-22-24-10-3-5-12-27(24)37-30)9-7-8-16-33-17-19-34(20-18-33)26-11-4-6-13-29(26)36-2;;/h3-6,10-15,21-22,31H,7-9,16-20,32H2,1-2H3;2*1H.